The molecule has 0 unspecified atom stereocenters. The number of aliphatic carboxylic acids is 2. The van der Waals surface area contributed by atoms with Gasteiger partial charge in [0.15, 0.2) is 23.7 Å². The summed E-state index contributed by atoms with van der Waals surface area (Å²) in [5, 5.41) is 29.4. The molecule has 0 bridgehead atoms. The van der Waals surface area contributed by atoms with E-state index in [2.05, 4.69) is 25.1 Å². The molecule has 41 heavy (non-hydrogen) atoms. The first-order chi connectivity index (χ1) is 19.2. The van der Waals surface area contributed by atoms with Crippen LogP contribution in [-0.2, 0) is 42.4 Å². The lowest BCUT2D eigenvalue weighted by atomic mass is 10.0. The predicted octanol–water partition coefficient (Wildman–Crippen LogP) is -2.61. The van der Waals surface area contributed by atoms with E-state index in [1.54, 1.807) is 28.7 Å². The molecule has 0 spiro atoms. The van der Waals surface area contributed by atoms with Crippen LogP contribution in [0.15, 0.2) is 28.7 Å². The number of nitrogen functional groups attached to an aromatic ring is 1. The molecule has 218 valence electrons. The number of carboxylic acids is 2. The van der Waals surface area contributed by atoms with E-state index in [4.69, 9.17) is 10.6 Å². The lowest BCUT2D eigenvalue weighted by Gasteiger charge is -2.50. The number of thioether (sulfide) groups is 1. The van der Waals surface area contributed by atoms with E-state index in [1.165, 1.54) is 32.5 Å². The van der Waals surface area contributed by atoms with E-state index in [1.807, 2.05) is 0 Å². The Morgan fingerprint density at radius 3 is 2.66 bits per heavy atom. The van der Waals surface area contributed by atoms with Crippen molar-refractivity contribution in [2.24, 2.45) is 12.2 Å². The number of rotatable bonds is 10. The highest BCUT2D eigenvalue weighted by Gasteiger charge is 2.53. The van der Waals surface area contributed by atoms with Crippen molar-refractivity contribution in [3.8, 4) is 0 Å². The summed E-state index contributed by atoms with van der Waals surface area (Å²) in [6, 6.07) is 0.497. The number of β-lactam (4-membered cyclic amide) rings is 1. The smallest absolute Gasteiger partial charge is 0.350 e. The highest BCUT2D eigenvalue weighted by molar-refractivity contribution is 8.00. The third-order valence-electron chi connectivity index (χ3n) is 6.07. The lowest BCUT2D eigenvalue weighted by molar-refractivity contribution is -0.765. The molecule has 2 aliphatic heterocycles. The maximum Gasteiger partial charge on any atom is 0.350 e. The van der Waals surface area contributed by atoms with Crippen molar-refractivity contribution >= 4 is 69.6 Å². The summed E-state index contributed by atoms with van der Waals surface area (Å²) < 4.78 is 7.18. The molecule has 2 aromatic rings. The summed E-state index contributed by atoms with van der Waals surface area (Å²) in [7, 11) is 1.68. The van der Waals surface area contributed by atoms with Crippen LogP contribution in [-0.4, -0.2) is 82.2 Å². The van der Waals surface area contributed by atoms with Gasteiger partial charge in [-0.15, -0.1) is 21.1 Å². The lowest BCUT2D eigenvalue weighted by Crippen LogP contribution is -2.71. The van der Waals surface area contributed by atoms with Crippen LogP contribution < -0.4 is 26.2 Å². The monoisotopic (exact) mass is 607 g/mol. The van der Waals surface area contributed by atoms with Crippen molar-refractivity contribution in [2.75, 3.05) is 16.8 Å². The molecule has 2 aliphatic rings. The second-order valence-electron chi connectivity index (χ2n) is 9.41. The van der Waals surface area contributed by atoms with Gasteiger partial charge in [0.25, 0.3) is 11.8 Å². The topological polar surface area (TPSA) is 238 Å². The summed E-state index contributed by atoms with van der Waals surface area (Å²) in [6.07, 6.45) is 1.65. The number of amides is 3. The fraction of sp³-hybridized carbons (Fsp3) is 0.409. The Balaban J connectivity index is 1.55. The van der Waals surface area contributed by atoms with Crippen molar-refractivity contribution in [1.29, 1.82) is 0 Å². The molecular formula is C22H25N9O8S2. The molecule has 2 atom stereocenters. The molecular weight excluding hydrogens is 582 g/mol. The predicted molar refractivity (Wildman–Crippen MR) is 141 cm³/mol. The number of nitrogens with two attached hydrogens (primary N) is 1. The van der Waals surface area contributed by atoms with Crippen LogP contribution in [0.4, 0.5) is 10.9 Å². The van der Waals surface area contributed by atoms with Gasteiger partial charge in [0.05, 0.1) is 24.8 Å². The molecule has 4 heterocycles. The molecule has 3 amide bonds. The van der Waals surface area contributed by atoms with Gasteiger partial charge >= 0.3 is 5.97 Å². The number of oxime groups is 1. The van der Waals surface area contributed by atoms with Crippen LogP contribution in [0.25, 0.3) is 0 Å². The zero-order chi connectivity index (χ0) is 30.2. The minimum atomic E-state index is -1.81. The number of hydrogen-bond acceptors (Lipinski definition) is 13. The number of carboxylic acid groups (broad SMARTS) is 2. The molecule has 1 saturated heterocycles. The van der Waals surface area contributed by atoms with Crippen molar-refractivity contribution < 1.29 is 43.7 Å². The van der Waals surface area contributed by atoms with Gasteiger partial charge in [0.1, 0.15) is 11.4 Å². The summed E-state index contributed by atoms with van der Waals surface area (Å²) in [5.74, 6) is -4.43. The summed E-state index contributed by atoms with van der Waals surface area (Å²) in [4.78, 5) is 71.2. The van der Waals surface area contributed by atoms with Gasteiger partial charge in [-0.1, -0.05) is 5.16 Å². The summed E-state index contributed by atoms with van der Waals surface area (Å²) in [6.45, 7) is 3.87. The van der Waals surface area contributed by atoms with Crippen LogP contribution in [0.2, 0.25) is 0 Å². The number of aromatic nitrogens is 4. The number of carbonyl (C=O) groups excluding carboxylic acids is 4. The molecule has 17 nitrogen and oxygen atoms in total. The van der Waals surface area contributed by atoms with Gasteiger partial charge < -0.3 is 36.2 Å². The van der Waals surface area contributed by atoms with E-state index in [9.17, 15) is 34.2 Å². The Morgan fingerprint density at radius 1 is 1.37 bits per heavy atom. The standard InChI is InChI=1S/C22H25N9O8S2/c1-9(32)24-11-5-6-30(29(11)4)7-10-8-40-18-13(17(34)31(18)14(10)19(35)36)25-16(33)12(15-26-21(23)41-28-15)27-39-22(2,3)20(37)38/h5-6,13,18H,7-8H2,1-4H3,(H5,23,25,26,28,33,35,36,37,38)/t13-,18-/m1/s1. The van der Waals surface area contributed by atoms with E-state index < -0.39 is 46.5 Å². The highest BCUT2D eigenvalue weighted by atomic mass is 32.2. The number of fused-ring (bicyclic) bond motifs is 1. The minimum absolute atomic E-state index is 0.00304. The summed E-state index contributed by atoms with van der Waals surface area (Å²) in [5.41, 5.74) is 3.36. The largest absolute Gasteiger partial charge is 0.543 e. The third-order valence-corrected chi connectivity index (χ3v) is 7.95. The Hall–Kier alpha value is -4.52. The quantitative estimate of drug-likeness (QED) is 0.0941. The Morgan fingerprint density at radius 2 is 2.07 bits per heavy atom. The molecule has 5 N–H and O–H groups in total. The van der Waals surface area contributed by atoms with Crippen molar-refractivity contribution in [1.82, 2.24) is 24.3 Å². The second-order valence-corrected chi connectivity index (χ2v) is 11.3. The van der Waals surface area contributed by atoms with Crippen LogP contribution in [0.1, 0.15) is 26.6 Å². The van der Waals surface area contributed by atoms with Crippen LogP contribution in [0.3, 0.4) is 0 Å². The molecule has 1 fully saturated rings. The maximum atomic E-state index is 13.2. The third kappa shape index (κ3) is 5.85. The van der Waals surface area contributed by atoms with E-state index in [0.717, 1.165) is 16.4 Å². The molecule has 0 aliphatic carbocycles. The van der Waals surface area contributed by atoms with Crippen molar-refractivity contribution in [3.05, 3.63) is 29.4 Å². The molecule has 0 saturated carbocycles. The highest BCUT2D eigenvalue weighted by Crippen LogP contribution is 2.40. The molecule has 2 aromatic heterocycles. The molecule has 19 heteroatoms. The first-order valence-corrected chi connectivity index (χ1v) is 13.6. The molecule has 4 rings (SSSR count). The van der Waals surface area contributed by atoms with Gasteiger partial charge in [0.2, 0.25) is 23.0 Å². The number of anilines is 2. The van der Waals surface area contributed by atoms with Crippen LogP contribution >= 0.6 is 23.3 Å². The zero-order valence-electron chi connectivity index (χ0n) is 22.1. The average molecular weight is 608 g/mol. The normalized spacial score (nSPS) is 18.9. The minimum Gasteiger partial charge on any atom is -0.543 e. The SMILES string of the molecule is CC(=O)Nc1cc[n+](CC2=C(C(=O)[O-])N3C(=O)[C@@H](NC(=O)C(=NOC(C)(C)C(=O)O)c4nsc(N)n4)[C@H]3SC2)n1C. The van der Waals surface area contributed by atoms with Crippen LogP contribution in [0.5, 0.6) is 0 Å². The Labute approximate surface area is 240 Å². The first-order valence-electron chi connectivity index (χ1n) is 11.8. The molecule has 0 radical (unpaired) electrons. The maximum absolute atomic E-state index is 13.2. The number of carbonyl (C=O) groups is 5. The van der Waals surface area contributed by atoms with Gasteiger partial charge in [-0.2, -0.15) is 9.36 Å². The van der Waals surface area contributed by atoms with Crippen molar-refractivity contribution in [2.45, 2.75) is 44.3 Å². The summed E-state index contributed by atoms with van der Waals surface area (Å²) >= 11 is 1.98. The average Bonchev–Trinajstić information content (AvgIpc) is 3.47. The molecule has 0 aromatic carbocycles. The van der Waals surface area contributed by atoms with Gasteiger partial charge in [0, 0.05) is 29.8 Å². The number of nitrogens with zero attached hydrogens (tertiary/aromatic N) is 6. The fourth-order valence-electron chi connectivity index (χ4n) is 3.88. The van der Waals surface area contributed by atoms with Gasteiger partial charge in [-0.3, -0.25) is 19.3 Å². The van der Waals surface area contributed by atoms with E-state index in [-0.39, 0.29) is 34.9 Å². The first kappa shape index (κ1) is 29.5. The number of nitrogens with one attached hydrogen (secondary N) is 2. The van der Waals surface area contributed by atoms with E-state index >= 15 is 0 Å². The van der Waals surface area contributed by atoms with Crippen molar-refractivity contribution in [3.63, 3.8) is 0 Å². The van der Waals surface area contributed by atoms with E-state index in [0.29, 0.717) is 11.4 Å². The van der Waals surface area contributed by atoms with Crippen LogP contribution in [0, 0.1) is 0 Å². The second kappa shape index (κ2) is 11.2. The Kier molecular flexibility index (Phi) is 8.02. The van der Waals surface area contributed by atoms with Gasteiger partial charge in [-0.25, -0.2) is 4.79 Å². The zero-order valence-corrected chi connectivity index (χ0v) is 23.7. The van der Waals surface area contributed by atoms with Gasteiger partial charge in [-0.05, 0) is 13.8 Å². The Bertz CT molecular complexity index is 1510. The fourth-order valence-corrected chi connectivity index (χ4v) is 5.65. The number of hydrogen-bond donors (Lipinski definition) is 4.